The summed E-state index contributed by atoms with van der Waals surface area (Å²) in [6.45, 7) is 2.72. The molecule has 2 N–H and O–H groups in total. The fourth-order valence-corrected chi connectivity index (χ4v) is 2.31. The predicted octanol–water partition coefficient (Wildman–Crippen LogP) is -0.188. The molecule has 0 radical (unpaired) electrons. The number of nitrogens with one attached hydrogen (secondary N) is 2. The highest BCUT2D eigenvalue weighted by molar-refractivity contribution is 7.89. The van der Waals surface area contributed by atoms with E-state index in [1.807, 2.05) is 6.92 Å². The van der Waals surface area contributed by atoms with E-state index in [0.717, 1.165) is 0 Å². The highest BCUT2D eigenvalue weighted by atomic mass is 32.2. The van der Waals surface area contributed by atoms with Crippen molar-refractivity contribution in [3.05, 3.63) is 24.6 Å². The van der Waals surface area contributed by atoms with Crippen molar-refractivity contribution in [2.24, 2.45) is 0 Å². The highest BCUT2D eigenvalue weighted by Crippen LogP contribution is 2.07. The van der Waals surface area contributed by atoms with Gasteiger partial charge in [0.25, 0.3) is 0 Å². The van der Waals surface area contributed by atoms with Crippen LogP contribution < -0.4 is 10.0 Å². The topological polar surface area (TPSA) is 123 Å². The van der Waals surface area contributed by atoms with E-state index in [2.05, 4.69) is 34.7 Å². The maximum atomic E-state index is 12.0. The van der Waals surface area contributed by atoms with Crippen LogP contribution in [0.5, 0.6) is 0 Å². The van der Waals surface area contributed by atoms with E-state index in [4.69, 9.17) is 0 Å². The Balaban J connectivity index is 1.95. The van der Waals surface area contributed by atoms with Crippen LogP contribution in [0.2, 0.25) is 0 Å². The van der Waals surface area contributed by atoms with Gasteiger partial charge in [0.05, 0.1) is 12.4 Å². The third-order valence-corrected chi connectivity index (χ3v) is 3.74. The van der Waals surface area contributed by atoms with Gasteiger partial charge >= 0.3 is 0 Å². The van der Waals surface area contributed by atoms with Crippen LogP contribution in [0.25, 0.3) is 0 Å². The zero-order valence-electron chi connectivity index (χ0n) is 10.8. The van der Waals surface area contributed by atoms with Crippen molar-refractivity contribution in [1.82, 2.24) is 24.8 Å². The molecule has 2 aromatic rings. The standard InChI is InChI=1S/C10H14N6O3S/c1-2-11-10-12-5-8(6-13-10)20(17,18)15-4-3-9-14-7-19-16-9/h5-7,15H,2-4H2,1H3,(H,11,12,13). The number of anilines is 1. The summed E-state index contributed by atoms with van der Waals surface area (Å²) in [5.74, 6) is 0.824. The Morgan fingerprint density at radius 3 is 2.60 bits per heavy atom. The molecule has 10 heteroatoms. The summed E-state index contributed by atoms with van der Waals surface area (Å²) in [5.41, 5.74) is 0. The molecule has 9 nitrogen and oxygen atoms in total. The van der Waals surface area contributed by atoms with E-state index in [-0.39, 0.29) is 11.4 Å². The van der Waals surface area contributed by atoms with Gasteiger partial charge in [0.15, 0.2) is 5.82 Å². The smallest absolute Gasteiger partial charge is 0.243 e. The Kier molecular flexibility index (Phi) is 4.58. The lowest BCUT2D eigenvalue weighted by Crippen LogP contribution is -2.26. The fraction of sp³-hybridized carbons (Fsp3) is 0.400. The summed E-state index contributed by atoms with van der Waals surface area (Å²) in [4.78, 5) is 11.6. The summed E-state index contributed by atoms with van der Waals surface area (Å²) >= 11 is 0. The van der Waals surface area contributed by atoms with Crippen molar-refractivity contribution >= 4 is 16.0 Å². The molecule has 0 atom stereocenters. The van der Waals surface area contributed by atoms with Crippen molar-refractivity contribution in [3.63, 3.8) is 0 Å². The lowest BCUT2D eigenvalue weighted by molar-refractivity contribution is 0.410. The van der Waals surface area contributed by atoms with Crippen LogP contribution in [0.4, 0.5) is 5.95 Å². The minimum Gasteiger partial charge on any atom is -0.355 e. The lowest BCUT2D eigenvalue weighted by atomic mass is 10.4. The van der Waals surface area contributed by atoms with Crippen molar-refractivity contribution in [2.45, 2.75) is 18.2 Å². The molecule has 0 aliphatic heterocycles. The Labute approximate surface area is 115 Å². The SMILES string of the molecule is CCNc1ncc(S(=O)(=O)NCCc2ncon2)cn1. The van der Waals surface area contributed by atoms with Gasteiger partial charge in [-0.05, 0) is 6.92 Å². The summed E-state index contributed by atoms with van der Waals surface area (Å²) in [6.07, 6.45) is 4.03. The zero-order chi connectivity index (χ0) is 14.4. The van der Waals surface area contributed by atoms with E-state index < -0.39 is 10.0 Å². The molecule has 0 spiro atoms. The number of hydrogen-bond acceptors (Lipinski definition) is 8. The van der Waals surface area contributed by atoms with Crippen LogP contribution in [0.1, 0.15) is 12.7 Å². The van der Waals surface area contributed by atoms with Gasteiger partial charge in [0.1, 0.15) is 4.90 Å². The summed E-state index contributed by atoms with van der Waals surface area (Å²) in [7, 11) is -3.63. The molecule has 0 unspecified atom stereocenters. The van der Waals surface area contributed by atoms with Gasteiger partial charge in [-0.25, -0.2) is 23.1 Å². The van der Waals surface area contributed by atoms with Gasteiger partial charge in [0, 0.05) is 19.5 Å². The van der Waals surface area contributed by atoms with Crippen molar-refractivity contribution in [2.75, 3.05) is 18.4 Å². The average Bonchev–Trinajstić information content (AvgIpc) is 2.93. The molecule has 20 heavy (non-hydrogen) atoms. The van der Waals surface area contributed by atoms with E-state index in [1.54, 1.807) is 0 Å². The van der Waals surface area contributed by atoms with Crippen LogP contribution in [-0.4, -0.2) is 41.6 Å². The molecule has 2 heterocycles. The fourth-order valence-electron chi connectivity index (χ4n) is 1.39. The molecule has 2 aromatic heterocycles. The molecule has 0 saturated heterocycles. The molecule has 0 bridgehead atoms. The number of nitrogens with zero attached hydrogens (tertiary/aromatic N) is 4. The summed E-state index contributed by atoms with van der Waals surface area (Å²) < 4.78 is 30.9. The molecule has 108 valence electrons. The predicted molar refractivity (Wildman–Crippen MR) is 69.4 cm³/mol. The largest absolute Gasteiger partial charge is 0.355 e. The number of rotatable bonds is 7. The first-order valence-electron chi connectivity index (χ1n) is 5.92. The molecular weight excluding hydrogens is 284 g/mol. The molecule has 0 aliphatic rings. The van der Waals surface area contributed by atoms with Crippen LogP contribution in [-0.2, 0) is 16.4 Å². The summed E-state index contributed by atoms with van der Waals surface area (Å²) in [6, 6.07) is 0. The molecule has 0 aliphatic carbocycles. The first kappa shape index (κ1) is 14.3. The van der Waals surface area contributed by atoms with Crippen LogP contribution >= 0.6 is 0 Å². The van der Waals surface area contributed by atoms with Crippen molar-refractivity contribution < 1.29 is 12.9 Å². The minimum atomic E-state index is -3.63. The number of aromatic nitrogens is 4. The second-order valence-corrected chi connectivity index (χ2v) is 5.53. The normalized spacial score (nSPS) is 11.4. The van der Waals surface area contributed by atoms with E-state index in [0.29, 0.717) is 24.7 Å². The Bertz CT molecular complexity index is 626. The maximum absolute atomic E-state index is 12.0. The van der Waals surface area contributed by atoms with Crippen molar-refractivity contribution in [1.29, 1.82) is 0 Å². The second kappa shape index (κ2) is 6.39. The highest BCUT2D eigenvalue weighted by Gasteiger charge is 2.15. The first-order chi connectivity index (χ1) is 9.62. The monoisotopic (exact) mass is 298 g/mol. The van der Waals surface area contributed by atoms with E-state index in [1.165, 1.54) is 18.8 Å². The van der Waals surface area contributed by atoms with Crippen LogP contribution in [0.3, 0.4) is 0 Å². The van der Waals surface area contributed by atoms with Crippen molar-refractivity contribution in [3.8, 4) is 0 Å². The van der Waals surface area contributed by atoms with Crippen LogP contribution in [0.15, 0.2) is 28.2 Å². The lowest BCUT2D eigenvalue weighted by Gasteiger charge is -2.06. The van der Waals surface area contributed by atoms with Gasteiger partial charge in [0.2, 0.25) is 22.4 Å². The molecule has 0 fully saturated rings. The average molecular weight is 298 g/mol. The second-order valence-electron chi connectivity index (χ2n) is 3.77. The van der Waals surface area contributed by atoms with Gasteiger partial charge < -0.3 is 9.84 Å². The Morgan fingerprint density at radius 2 is 2.00 bits per heavy atom. The molecule has 0 aromatic carbocycles. The van der Waals surface area contributed by atoms with Crippen LogP contribution in [0, 0.1) is 0 Å². The van der Waals surface area contributed by atoms with E-state index in [9.17, 15) is 8.42 Å². The third kappa shape index (κ3) is 3.71. The Hall–Kier alpha value is -2.07. The molecular formula is C10H14N6O3S. The number of hydrogen-bond donors (Lipinski definition) is 2. The quantitative estimate of drug-likeness (QED) is 0.721. The summed E-state index contributed by atoms with van der Waals surface area (Å²) in [5, 5.41) is 6.47. The minimum absolute atomic E-state index is 0.00673. The molecule has 0 amide bonds. The van der Waals surface area contributed by atoms with Gasteiger partial charge in [-0.3, -0.25) is 0 Å². The molecule has 2 rings (SSSR count). The van der Waals surface area contributed by atoms with E-state index >= 15 is 0 Å². The van der Waals surface area contributed by atoms with Gasteiger partial charge in [-0.15, -0.1) is 0 Å². The Morgan fingerprint density at radius 1 is 1.25 bits per heavy atom. The first-order valence-corrected chi connectivity index (χ1v) is 7.41. The van der Waals surface area contributed by atoms with Gasteiger partial charge in [-0.2, -0.15) is 4.98 Å². The molecule has 0 saturated carbocycles. The number of sulfonamides is 1. The van der Waals surface area contributed by atoms with Gasteiger partial charge in [-0.1, -0.05) is 5.16 Å². The maximum Gasteiger partial charge on any atom is 0.243 e. The third-order valence-electron chi connectivity index (χ3n) is 2.32. The zero-order valence-corrected chi connectivity index (χ0v) is 11.6.